The molecule has 0 aromatic heterocycles. The molecule has 100 valence electrons. The summed E-state index contributed by atoms with van der Waals surface area (Å²) < 4.78 is 36.9. The summed E-state index contributed by atoms with van der Waals surface area (Å²) in [6.45, 7) is 6.52. The van der Waals surface area contributed by atoms with Gasteiger partial charge in [0, 0.05) is 11.7 Å². The molecule has 18 heavy (non-hydrogen) atoms. The third-order valence-corrected chi connectivity index (χ3v) is 2.78. The molecule has 1 atom stereocenters. The number of hydrogen-bond donors (Lipinski definition) is 2. The molecule has 0 aliphatic heterocycles. The van der Waals surface area contributed by atoms with Gasteiger partial charge in [-0.25, -0.2) is 0 Å². The van der Waals surface area contributed by atoms with Gasteiger partial charge in [0.05, 0.1) is 0 Å². The maximum absolute atomic E-state index is 12.3. The smallest absolute Gasteiger partial charge is 0.399 e. The standard InChI is InChI=1S/C13H17F3N2/c1-8(18-10(3)13(14,15)16)7-11-5-4-6-12(17)9(11)2/h4-6,8,18H,3,7,17H2,1-2H3/t8-/m1/s1. The first kappa shape index (κ1) is 14.4. The molecular weight excluding hydrogens is 241 g/mol. The van der Waals surface area contributed by atoms with Crippen molar-refractivity contribution in [3.05, 3.63) is 41.6 Å². The van der Waals surface area contributed by atoms with Gasteiger partial charge in [0.15, 0.2) is 0 Å². The molecule has 0 heterocycles. The normalized spacial score (nSPS) is 13.2. The fourth-order valence-electron chi connectivity index (χ4n) is 1.68. The molecule has 0 unspecified atom stereocenters. The van der Waals surface area contributed by atoms with Crippen molar-refractivity contribution >= 4 is 5.69 Å². The zero-order valence-electron chi connectivity index (χ0n) is 10.4. The van der Waals surface area contributed by atoms with Gasteiger partial charge < -0.3 is 11.1 Å². The van der Waals surface area contributed by atoms with Gasteiger partial charge in [-0.05, 0) is 37.5 Å². The van der Waals surface area contributed by atoms with Crippen molar-refractivity contribution in [1.29, 1.82) is 0 Å². The monoisotopic (exact) mass is 258 g/mol. The van der Waals surface area contributed by atoms with Crippen LogP contribution in [-0.2, 0) is 6.42 Å². The van der Waals surface area contributed by atoms with Gasteiger partial charge in [-0.1, -0.05) is 18.7 Å². The molecule has 0 aliphatic carbocycles. The molecule has 0 saturated carbocycles. The zero-order valence-corrected chi connectivity index (χ0v) is 10.4. The van der Waals surface area contributed by atoms with Crippen molar-refractivity contribution in [1.82, 2.24) is 5.32 Å². The van der Waals surface area contributed by atoms with Crippen LogP contribution in [-0.4, -0.2) is 12.2 Å². The molecule has 2 nitrogen and oxygen atoms in total. The van der Waals surface area contributed by atoms with E-state index in [0.29, 0.717) is 12.1 Å². The lowest BCUT2D eigenvalue weighted by Gasteiger charge is -2.20. The highest BCUT2D eigenvalue weighted by Crippen LogP contribution is 2.23. The summed E-state index contributed by atoms with van der Waals surface area (Å²) in [6.07, 6.45) is -3.94. The molecule has 1 aromatic rings. The highest BCUT2D eigenvalue weighted by molar-refractivity contribution is 5.50. The van der Waals surface area contributed by atoms with E-state index in [4.69, 9.17) is 5.73 Å². The summed E-state index contributed by atoms with van der Waals surface area (Å²) in [5.41, 5.74) is 7.32. The Balaban J connectivity index is 2.68. The fraction of sp³-hybridized carbons (Fsp3) is 0.385. The summed E-state index contributed by atoms with van der Waals surface area (Å²) >= 11 is 0. The van der Waals surface area contributed by atoms with E-state index >= 15 is 0 Å². The van der Waals surface area contributed by atoms with E-state index in [9.17, 15) is 13.2 Å². The van der Waals surface area contributed by atoms with E-state index in [2.05, 4.69) is 11.9 Å². The average molecular weight is 258 g/mol. The van der Waals surface area contributed by atoms with E-state index < -0.39 is 11.9 Å². The van der Waals surface area contributed by atoms with Crippen LogP contribution >= 0.6 is 0 Å². The summed E-state index contributed by atoms with van der Waals surface area (Å²) in [5, 5.41) is 2.35. The molecule has 0 saturated heterocycles. The van der Waals surface area contributed by atoms with Crippen LogP contribution < -0.4 is 11.1 Å². The lowest BCUT2D eigenvalue weighted by molar-refractivity contribution is -0.0971. The van der Waals surface area contributed by atoms with Gasteiger partial charge in [0.25, 0.3) is 0 Å². The van der Waals surface area contributed by atoms with E-state index in [-0.39, 0.29) is 6.04 Å². The van der Waals surface area contributed by atoms with E-state index in [1.165, 1.54) is 0 Å². The number of hydrogen-bond acceptors (Lipinski definition) is 2. The Morgan fingerprint density at radius 2 is 2.06 bits per heavy atom. The highest BCUT2D eigenvalue weighted by atomic mass is 19.4. The Kier molecular flexibility index (Phi) is 4.27. The quantitative estimate of drug-likeness (QED) is 0.814. The average Bonchev–Trinajstić information content (AvgIpc) is 2.23. The number of rotatable bonds is 4. The molecule has 0 bridgehead atoms. The first-order chi connectivity index (χ1) is 8.21. The number of allylic oxidation sites excluding steroid dienone is 1. The molecule has 1 aromatic carbocycles. The molecular formula is C13H17F3N2. The predicted molar refractivity (Wildman–Crippen MR) is 67.1 cm³/mol. The van der Waals surface area contributed by atoms with Gasteiger partial charge in [-0.2, -0.15) is 13.2 Å². The van der Waals surface area contributed by atoms with Crippen molar-refractivity contribution in [3.63, 3.8) is 0 Å². The molecule has 3 N–H and O–H groups in total. The molecule has 1 rings (SSSR count). The molecule has 0 aliphatic rings. The van der Waals surface area contributed by atoms with E-state index in [1.54, 1.807) is 19.1 Å². The minimum Gasteiger partial charge on any atom is -0.399 e. The summed E-state index contributed by atoms with van der Waals surface area (Å²) in [5.74, 6) is 0. The Morgan fingerprint density at radius 3 is 2.61 bits per heavy atom. The second-order valence-corrected chi connectivity index (χ2v) is 4.36. The van der Waals surface area contributed by atoms with Gasteiger partial charge >= 0.3 is 6.18 Å². The van der Waals surface area contributed by atoms with Gasteiger partial charge in [0.2, 0.25) is 0 Å². The molecule has 0 amide bonds. The summed E-state index contributed by atoms with van der Waals surface area (Å²) in [7, 11) is 0. The number of anilines is 1. The molecule has 0 spiro atoms. The topological polar surface area (TPSA) is 38.0 Å². The number of halogens is 3. The van der Waals surface area contributed by atoms with E-state index in [1.807, 2.05) is 13.0 Å². The Bertz CT molecular complexity index is 438. The zero-order chi connectivity index (χ0) is 13.9. The van der Waals surface area contributed by atoms with Crippen LogP contribution in [0.4, 0.5) is 18.9 Å². The first-order valence-electron chi connectivity index (χ1n) is 5.58. The molecule has 0 radical (unpaired) electrons. The minimum absolute atomic E-state index is 0.361. The Labute approximate surface area is 105 Å². The Hall–Kier alpha value is -1.65. The van der Waals surface area contributed by atoms with Gasteiger partial charge in [-0.3, -0.25) is 0 Å². The highest BCUT2D eigenvalue weighted by Gasteiger charge is 2.32. The number of nitrogens with one attached hydrogen (secondary N) is 1. The summed E-state index contributed by atoms with van der Waals surface area (Å²) in [4.78, 5) is 0. The van der Waals surface area contributed by atoms with Crippen molar-refractivity contribution < 1.29 is 13.2 Å². The SMILES string of the molecule is C=C(N[C@H](C)Cc1cccc(N)c1C)C(F)(F)F. The first-order valence-corrected chi connectivity index (χ1v) is 5.58. The van der Waals surface area contributed by atoms with Crippen LogP contribution in [0.15, 0.2) is 30.5 Å². The number of nitrogens with two attached hydrogens (primary N) is 1. The summed E-state index contributed by atoms with van der Waals surface area (Å²) in [6, 6.07) is 5.06. The van der Waals surface area contributed by atoms with Gasteiger partial charge in [0.1, 0.15) is 5.70 Å². The maximum atomic E-state index is 12.3. The number of benzene rings is 1. The number of alkyl halides is 3. The van der Waals surface area contributed by atoms with Crippen molar-refractivity contribution in [3.8, 4) is 0 Å². The number of nitrogen functional groups attached to an aromatic ring is 1. The third-order valence-electron chi connectivity index (χ3n) is 2.78. The van der Waals surface area contributed by atoms with Crippen LogP contribution in [0.1, 0.15) is 18.1 Å². The van der Waals surface area contributed by atoms with Crippen LogP contribution in [0, 0.1) is 6.92 Å². The minimum atomic E-state index is -4.40. The predicted octanol–water partition coefficient (Wildman–Crippen LogP) is 3.17. The maximum Gasteiger partial charge on any atom is 0.430 e. The molecule has 0 fully saturated rings. The van der Waals surface area contributed by atoms with Crippen LogP contribution in [0.2, 0.25) is 0 Å². The lowest BCUT2D eigenvalue weighted by Crippen LogP contribution is -2.33. The third kappa shape index (κ3) is 3.68. The van der Waals surface area contributed by atoms with E-state index in [0.717, 1.165) is 11.1 Å². The lowest BCUT2D eigenvalue weighted by atomic mass is 10.0. The Morgan fingerprint density at radius 1 is 1.44 bits per heavy atom. The van der Waals surface area contributed by atoms with Gasteiger partial charge in [-0.15, -0.1) is 0 Å². The van der Waals surface area contributed by atoms with Crippen LogP contribution in [0.3, 0.4) is 0 Å². The van der Waals surface area contributed by atoms with Crippen LogP contribution in [0.25, 0.3) is 0 Å². The van der Waals surface area contributed by atoms with Crippen LogP contribution in [0.5, 0.6) is 0 Å². The second-order valence-electron chi connectivity index (χ2n) is 4.36. The second kappa shape index (κ2) is 5.33. The van der Waals surface area contributed by atoms with Crippen molar-refractivity contribution in [2.75, 3.05) is 5.73 Å². The largest absolute Gasteiger partial charge is 0.430 e. The van der Waals surface area contributed by atoms with Crippen molar-refractivity contribution in [2.24, 2.45) is 0 Å². The fourth-order valence-corrected chi connectivity index (χ4v) is 1.68. The van der Waals surface area contributed by atoms with Crippen molar-refractivity contribution in [2.45, 2.75) is 32.5 Å². The molecule has 5 heteroatoms.